The molecular weight excluding hydrogens is 300 g/mol. The molecule has 1 fully saturated rings. The van der Waals surface area contributed by atoms with Crippen molar-refractivity contribution in [2.24, 2.45) is 0 Å². The number of aryl methyl sites for hydroxylation is 3. The minimum absolute atomic E-state index is 0.0474. The standard InChI is InChI=1S/C19H24N4O/c1-13-6-5-7-17(14(13)2)22-8-10-23(11-9-22)19(24)18-15(3)20-12-21-16(18)4/h5-7,12H,8-11H2,1-4H3. The fourth-order valence-corrected chi connectivity index (χ4v) is 3.29. The highest BCUT2D eigenvalue weighted by atomic mass is 16.2. The van der Waals surface area contributed by atoms with E-state index in [9.17, 15) is 4.79 Å². The first-order chi connectivity index (χ1) is 11.5. The lowest BCUT2D eigenvalue weighted by atomic mass is 10.1. The molecule has 1 amide bonds. The van der Waals surface area contributed by atoms with E-state index in [4.69, 9.17) is 0 Å². The van der Waals surface area contributed by atoms with E-state index >= 15 is 0 Å². The van der Waals surface area contributed by atoms with Gasteiger partial charge in [-0.2, -0.15) is 0 Å². The van der Waals surface area contributed by atoms with Crippen LogP contribution in [0.1, 0.15) is 32.9 Å². The molecule has 1 saturated heterocycles. The molecule has 0 atom stereocenters. The Morgan fingerprint density at radius 2 is 1.58 bits per heavy atom. The van der Waals surface area contributed by atoms with Gasteiger partial charge in [0.2, 0.25) is 0 Å². The highest BCUT2D eigenvalue weighted by molar-refractivity contribution is 5.96. The molecule has 0 spiro atoms. The Bertz CT molecular complexity index is 744. The predicted molar refractivity (Wildman–Crippen MR) is 95.5 cm³/mol. The lowest BCUT2D eigenvalue weighted by Gasteiger charge is -2.37. The first-order valence-corrected chi connectivity index (χ1v) is 8.37. The summed E-state index contributed by atoms with van der Waals surface area (Å²) in [5.74, 6) is 0.0474. The zero-order valence-corrected chi connectivity index (χ0v) is 14.8. The molecule has 5 heteroatoms. The number of rotatable bonds is 2. The maximum Gasteiger partial charge on any atom is 0.257 e. The van der Waals surface area contributed by atoms with Crippen molar-refractivity contribution in [2.45, 2.75) is 27.7 Å². The summed E-state index contributed by atoms with van der Waals surface area (Å²) in [6.07, 6.45) is 1.51. The first kappa shape index (κ1) is 16.4. The second kappa shape index (κ2) is 6.59. The van der Waals surface area contributed by atoms with Crippen molar-refractivity contribution < 1.29 is 4.79 Å². The molecule has 2 heterocycles. The van der Waals surface area contributed by atoms with E-state index in [2.05, 4.69) is 46.9 Å². The molecule has 5 nitrogen and oxygen atoms in total. The van der Waals surface area contributed by atoms with Gasteiger partial charge in [-0.05, 0) is 44.9 Å². The molecule has 3 rings (SSSR count). The summed E-state index contributed by atoms with van der Waals surface area (Å²) < 4.78 is 0. The molecule has 1 aliphatic heterocycles. The second-order valence-corrected chi connectivity index (χ2v) is 6.42. The summed E-state index contributed by atoms with van der Waals surface area (Å²) >= 11 is 0. The van der Waals surface area contributed by atoms with Crippen molar-refractivity contribution in [3.05, 3.63) is 52.6 Å². The van der Waals surface area contributed by atoms with Gasteiger partial charge in [-0.25, -0.2) is 9.97 Å². The second-order valence-electron chi connectivity index (χ2n) is 6.42. The van der Waals surface area contributed by atoms with Gasteiger partial charge in [-0.3, -0.25) is 4.79 Å². The van der Waals surface area contributed by atoms with Crippen molar-refractivity contribution >= 4 is 11.6 Å². The Morgan fingerprint density at radius 3 is 2.21 bits per heavy atom. The van der Waals surface area contributed by atoms with Crippen LogP contribution in [0.2, 0.25) is 0 Å². The Morgan fingerprint density at radius 1 is 0.958 bits per heavy atom. The predicted octanol–water partition coefficient (Wildman–Crippen LogP) is 2.67. The van der Waals surface area contributed by atoms with E-state index in [1.807, 2.05) is 18.7 Å². The fraction of sp³-hybridized carbons (Fsp3) is 0.421. The van der Waals surface area contributed by atoms with Crippen LogP contribution in [0.5, 0.6) is 0 Å². The van der Waals surface area contributed by atoms with Crippen LogP contribution in [0, 0.1) is 27.7 Å². The first-order valence-electron chi connectivity index (χ1n) is 8.37. The van der Waals surface area contributed by atoms with Crippen LogP contribution in [0.15, 0.2) is 24.5 Å². The average Bonchev–Trinajstić information content (AvgIpc) is 2.57. The number of amides is 1. The van der Waals surface area contributed by atoms with E-state index in [-0.39, 0.29) is 5.91 Å². The summed E-state index contributed by atoms with van der Waals surface area (Å²) in [6, 6.07) is 6.40. The molecule has 1 aromatic heterocycles. The van der Waals surface area contributed by atoms with Crippen LogP contribution < -0.4 is 4.90 Å². The van der Waals surface area contributed by atoms with Crippen LogP contribution in [0.3, 0.4) is 0 Å². The number of benzene rings is 1. The highest BCUT2D eigenvalue weighted by Crippen LogP contribution is 2.24. The summed E-state index contributed by atoms with van der Waals surface area (Å²) in [5, 5.41) is 0. The van der Waals surface area contributed by atoms with Crippen molar-refractivity contribution in [1.82, 2.24) is 14.9 Å². The lowest BCUT2D eigenvalue weighted by Crippen LogP contribution is -2.49. The fourth-order valence-electron chi connectivity index (χ4n) is 3.29. The van der Waals surface area contributed by atoms with Crippen LogP contribution in [-0.2, 0) is 0 Å². The van der Waals surface area contributed by atoms with Gasteiger partial charge in [-0.15, -0.1) is 0 Å². The summed E-state index contributed by atoms with van der Waals surface area (Å²) in [6.45, 7) is 11.2. The normalized spacial score (nSPS) is 14.8. The van der Waals surface area contributed by atoms with Crippen molar-refractivity contribution in [2.75, 3.05) is 31.1 Å². The monoisotopic (exact) mass is 324 g/mol. The van der Waals surface area contributed by atoms with Crippen LogP contribution in [0.25, 0.3) is 0 Å². The van der Waals surface area contributed by atoms with Gasteiger partial charge in [0.25, 0.3) is 5.91 Å². The Labute approximate surface area is 143 Å². The summed E-state index contributed by atoms with van der Waals surface area (Å²) in [5.41, 5.74) is 6.06. The van der Waals surface area contributed by atoms with E-state index in [0.29, 0.717) is 5.56 Å². The maximum absolute atomic E-state index is 12.8. The van der Waals surface area contributed by atoms with Crippen LogP contribution >= 0.6 is 0 Å². The highest BCUT2D eigenvalue weighted by Gasteiger charge is 2.25. The molecule has 24 heavy (non-hydrogen) atoms. The number of piperazine rings is 1. The third-order valence-corrected chi connectivity index (χ3v) is 4.92. The van der Waals surface area contributed by atoms with Gasteiger partial charge in [-0.1, -0.05) is 12.1 Å². The van der Waals surface area contributed by atoms with Gasteiger partial charge in [0.15, 0.2) is 0 Å². The minimum Gasteiger partial charge on any atom is -0.368 e. The van der Waals surface area contributed by atoms with Crippen molar-refractivity contribution in [1.29, 1.82) is 0 Å². The van der Waals surface area contributed by atoms with E-state index in [1.54, 1.807) is 0 Å². The number of nitrogens with zero attached hydrogens (tertiary/aromatic N) is 4. The molecule has 0 N–H and O–H groups in total. The quantitative estimate of drug-likeness (QED) is 0.852. The van der Waals surface area contributed by atoms with Gasteiger partial charge in [0.1, 0.15) is 6.33 Å². The molecule has 0 unspecified atom stereocenters. The third kappa shape index (κ3) is 2.98. The summed E-state index contributed by atoms with van der Waals surface area (Å²) in [7, 11) is 0. The van der Waals surface area contributed by atoms with Crippen molar-refractivity contribution in [3.8, 4) is 0 Å². The van der Waals surface area contributed by atoms with Crippen molar-refractivity contribution in [3.63, 3.8) is 0 Å². The van der Waals surface area contributed by atoms with E-state index < -0.39 is 0 Å². The topological polar surface area (TPSA) is 49.3 Å². The smallest absolute Gasteiger partial charge is 0.257 e. The number of carbonyl (C=O) groups excluding carboxylic acids is 1. The Hall–Kier alpha value is -2.43. The number of hydrogen-bond donors (Lipinski definition) is 0. The molecule has 126 valence electrons. The van der Waals surface area contributed by atoms with Gasteiger partial charge < -0.3 is 9.80 Å². The Kier molecular flexibility index (Phi) is 4.51. The molecule has 0 radical (unpaired) electrons. The molecule has 2 aromatic rings. The number of hydrogen-bond acceptors (Lipinski definition) is 4. The van der Waals surface area contributed by atoms with E-state index in [0.717, 1.165) is 37.6 Å². The minimum atomic E-state index is 0.0474. The summed E-state index contributed by atoms with van der Waals surface area (Å²) in [4.78, 5) is 25.5. The Balaban J connectivity index is 1.73. The number of carbonyl (C=O) groups is 1. The number of aromatic nitrogens is 2. The van der Waals surface area contributed by atoms with Gasteiger partial charge in [0.05, 0.1) is 17.0 Å². The third-order valence-electron chi connectivity index (χ3n) is 4.92. The largest absolute Gasteiger partial charge is 0.368 e. The van der Waals surface area contributed by atoms with Gasteiger partial charge >= 0.3 is 0 Å². The molecule has 0 aliphatic carbocycles. The number of anilines is 1. The zero-order valence-electron chi connectivity index (χ0n) is 14.8. The zero-order chi connectivity index (χ0) is 17.3. The van der Waals surface area contributed by atoms with Crippen LogP contribution in [-0.4, -0.2) is 47.0 Å². The molecule has 0 saturated carbocycles. The van der Waals surface area contributed by atoms with Crippen LogP contribution in [0.4, 0.5) is 5.69 Å². The molecule has 1 aliphatic rings. The maximum atomic E-state index is 12.8. The lowest BCUT2D eigenvalue weighted by molar-refractivity contribution is 0.0744. The van der Waals surface area contributed by atoms with E-state index in [1.165, 1.54) is 23.1 Å². The molecular formula is C19H24N4O. The van der Waals surface area contributed by atoms with Gasteiger partial charge in [0, 0.05) is 31.9 Å². The molecule has 1 aromatic carbocycles. The molecule has 0 bridgehead atoms. The average molecular weight is 324 g/mol. The SMILES string of the molecule is Cc1cccc(N2CCN(C(=O)c3c(C)ncnc3C)CC2)c1C.